The lowest BCUT2D eigenvalue weighted by Gasteiger charge is -2.11. The van der Waals surface area contributed by atoms with Gasteiger partial charge in [-0.3, -0.25) is 4.79 Å². The molecule has 3 N–H and O–H groups in total. The van der Waals surface area contributed by atoms with Crippen LogP contribution in [0.15, 0.2) is 24.3 Å². The molecular formula is C16H26N2O. The third kappa shape index (κ3) is 5.43. The lowest BCUT2D eigenvalue weighted by Crippen LogP contribution is -2.16. The number of anilines is 1. The van der Waals surface area contributed by atoms with Crippen molar-refractivity contribution >= 4 is 11.6 Å². The quantitative estimate of drug-likeness (QED) is 0.790. The summed E-state index contributed by atoms with van der Waals surface area (Å²) in [6, 6.07) is 8.14. The maximum atomic E-state index is 11.8. The molecule has 106 valence electrons. The van der Waals surface area contributed by atoms with Gasteiger partial charge in [-0.05, 0) is 48.9 Å². The maximum absolute atomic E-state index is 11.8. The van der Waals surface area contributed by atoms with E-state index in [0.29, 0.717) is 24.8 Å². The Kier molecular flexibility index (Phi) is 6.57. The van der Waals surface area contributed by atoms with Crippen LogP contribution in [0.3, 0.4) is 0 Å². The Hall–Kier alpha value is -1.35. The van der Waals surface area contributed by atoms with E-state index in [1.165, 1.54) is 5.56 Å². The summed E-state index contributed by atoms with van der Waals surface area (Å²) in [7, 11) is 0. The van der Waals surface area contributed by atoms with E-state index in [0.717, 1.165) is 18.5 Å². The SMILES string of the molecule is CCC(C)c1ccc(NC(=O)CCC(C)CN)cc1. The van der Waals surface area contributed by atoms with Crippen molar-refractivity contribution in [2.24, 2.45) is 11.7 Å². The molecule has 3 nitrogen and oxygen atoms in total. The number of carbonyl (C=O) groups excluding carboxylic acids is 1. The monoisotopic (exact) mass is 262 g/mol. The van der Waals surface area contributed by atoms with Crippen LogP contribution in [0.5, 0.6) is 0 Å². The second-order valence-electron chi connectivity index (χ2n) is 5.36. The second-order valence-corrected chi connectivity index (χ2v) is 5.36. The molecule has 2 unspecified atom stereocenters. The minimum Gasteiger partial charge on any atom is -0.330 e. The summed E-state index contributed by atoms with van der Waals surface area (Å²) >= 11 is 0. The highest BCUT2D eigenvalue weighted by Gasteiger charge is 2.07. The number of carbonyl (C=O) groups is 1. The molecule has 1 amide bonds. The average molecular weight is 262 g/mol. The van der Waals surface area contributed by atoms with E-state index in [9.17, 15) is 4.79 Å². The van der Waals surface area contributed by atoms with Gasteiger partial charge in [-0.15, -0.1) is 0 Å². The molecule has 0 aliphatic carbocycles. The molecule has 0 fully saturated rings. The van der Waals surface area contributed by atoms with Crippen molar-refractivity contribution < 1.29 is 4.79 Å². The number of nitrogens with two attached hydrogens (primary N) is 1. The van der Waals surface area contributed by atoms with Gasteiger partial charge in [0, 0.05) is 12.1 Å². The number of hydrogen-bond donors (Lipinski definition) is 2. The molecule has 0 spiro atoms. The largest absolute Gasteiger partial charge is 0.330 e. The van der Waals surface area contributed by atoms with Crippen molar-refractivity contribution in [3.05, 3.63) is 29.8 Å². The molecule has 0 saturated carbocycles. The van der Waals surface area contributed by atoms with Gasteiger partial charge < -0.3 is 11.1 Å². The molecule has 0 aliphatic rings. The van der Waals surface area contributed by atoms with E-state index in [1.54, 1.807) is 0 Å². The Labute approximate surface area is 116 Å². The zero-order chi connectivity index (χ0) is 14.3. The lowest BCUT2D eigenvalue weighted by atomic mass is 9.98. The summed E-state index contributed by atoms with van der Waals surface area (Å²) in [5.74, 6) is 1.03. The Morgan fingerprint density at radius 1 is 1.26 bits per heavy atom. The third-order valence-electron chi connectivity index (χ3n) is 3.64. The molecule has 0 heterocycles. The first-order valence-corrected chi connectivity index (χ1v) is 7.16. The minimum atomic E-state index is 0.0663. The number of hydrogen-bond acceptors (Lipinski definition) is 2. The van der Waals surface area contributed by atoms with E-state index >= 15 is 0 Å². The Balaban J connectivity index is 2.46. The van der Waals surface area contributed by atoms with Crippen LogP contribution in [0.25, 0.3) is 0 Å². The van der Waals surface area contributed by atoms with Gasteiger partial charge in [0.15, 0.2) is 0 Å². The molecule has 1 rings (SSSR count). The second kappa shape index (κ2) is 7.95. The molecule has 0 aliphatic heterocycles. The normalized spacial score (nSPS) is 13.9. The van der Waals surface area contributed by atoms with Crippen molar-refractivity contribution in [1.29, 1.82) is 0 Å². The summed E-state index contributed by atoms with van der Waals surface area (Å²) in [6.07, 6.45) is 2.50. The van der Waals surface area contributed by atoms with Gasteiger partial charge in [0.05, 0.1) is 0 Å². The standard InChI is InChI=1S/C16H26N2O/c1-4-13(3)14-6-8-15(9-7-14)18-16(19)10-5-12(2)11-17/h6-9,12-13H,4-5,10-11,17H2,1-3H3,(H,18,19). The van der Waals surface area contributed by atoms with Gasteiger partial charge in [-0.2, -0.15) is 0 Å². The molecule has 0 aromatic heterocycles. The van der Waals surface area contributed by atoms with Crippen molar-refractivity contribution in [3.63, 3.8) is 0 Å². The fourth-order valence-electron chi connectivity index (χ4n) is 1.85. The first-order chi connectivity index (χ1) is 9.06. The average Bonchev–Trinajstić information content (AvgIpc) is 2.44. The van der Waals surface area contributed by atoms with E-state index < -0.39 is 0 Å². The number of amides is 1. The van der Waals surface area contributed by atoms with Crippen molar-refractivity contribution in [2.75, 3.05) is 11.9 Å². The lowest BCUT2D eigenvalue weighted by molar-refractivity contribution is -0.116. The van der Waals surface area contributed by atoms with Gasteiger partial charge in [-0.1, -0.05) is 32.9 Å². The van der Waals surface area contributed by atoms with Crippen LogP contribution in [0.4, 0.5) is 5.69 Å². The molecule has 3 heteroatoms. The highest BCUT2D eigenvalue weighted by molar-refractivity contribution is 5.90. The molecule has 0 radical (unpaired) electrons. The zero-order valence-corrected chi connectivity index (χ0v) is 12.3. The topological polar surface area (TPSA) is 55.1 Å². The fourth-order valence-corrected chi connectivity index (χ4v) is 1.85. The Morgan fingerprint density at radius 2 is 1.89 bits per heavy atom. The maximum Gasteiger partial charge on any atom is 0.224 e. The molecule has 19 heavy (non-hydrogen) atoms. The van der Waals surface area contributed by atoms with Crippen LogP contribution in [0, 0.1) is 5.92 Å². The minimum absolute atomic E-state index is 0.0663. The molecule has 2 atom stereocenters. The number of nitrogens with one attached hydrogen (secondary N) is 1. The predicted octanol–water partition coefficient (Wildman–Crippen LogP) is 3.51. The molecule has 0 saturated heterocycles. The smallest absolute Gasteiger partial charge is 0.224 e. The molecular weight excluding hydrogens is 236 g/mol. The molecule has 0 bridgehead atoms. The van der Waals surface area contributed by atoms with Crippen molar-refractivity contribution in [2.45, 2.75) is 46.0 Å². The Morgan fingerprint density at radius 3 is 2.42 bits per heavy atom. The summed E-state index contributed by atoms with van der Waals surface area (Å²) in [4.78, 5) is 11.8. The Bertz CT molecular complexity index is 386. The highest BCUT2D eigenvalue weighted by atomic mass is 16.1. The van der Waals surface area contributed by atoms with Crippen molar-refractivity contribution in [3.8, 4) is 0 Å². The van der Waals surface area contributed by atoms with Gasteiger partial charge in [0.25, 0.3) is 0 Å². The van der Waals surface area contributed by atoms with E-state index in [4.69, 9.17) is 5.73 Å². The van der Waals surface area contributed by atoms with Crippen LogP contribution < -0.4 is 11.1 Å². The molecule has 1 aromatic rings. The van der Waals surface area contributed by atoms with Gasteiger partial charge in [0.1, 0.15) is 0 Å². The third-order valence-corrected chi connectivity index (χ3v) is 3.64. The fraction of sp³-hybridized carbons (Fsp3) is 0.562. The van der Waals surface area contributed by atoms with Crippen LogP contribution in [-0.2, 0) is 4.79 Å². The van der Waals surface area contributed by atoms with Gasteiger partial charge >= 0.3 is 0 Å². The highest BCUT2D eigenvalue weighted by Crippen LogP contribution is 2.20. The summed E-state index contributed by atoms with van der Waals surface area (Å²) in [5, 5.41) is 2.93. The van der Waals surface area contributed by atoms with Crippen LogP contribution in [-0.4, -0.2) is 12.5 Å². The van der Waals surface area contributed by atoms with Gasteiger partial charge in [-0.25, -0.2) is 0 Å². The van der Waals surface area contributed by atoms with Crippen LogP contribution >= 0.6 is 0 Å². The predicted molar refractivity (Wildman–Crippen MR) is 81.2 cm³/mol. The number of benzene rings is 1. The summed E-state index contributed by atoms with van der Waals surface area (Å²) < 4.78 is 0. The van der Waals surface area contributed by atoms with Crippen LogP contribution in [0.2, 0.25) is 0 Å². The number of rotatable bonds is 7. The van der Waals surface area contributed by atoms with Crippen LogP contribution in [0.1, 0.15) is 51.5 Å². The zero-order valence-electron chi connectivity index (χ0n) is 12.3. The molecule has 1 aromatic carbocycles. The summed E-state index contributed by atoms with van der Waals surface area (Å²) in [5.41, 5.74) is 7.73. The first kappa shape index (κ1) is 15.7. The van der Waals surface area contributed by atoms with E-state index in [-0.39, 0.29) is 5.91 Å². The van der Waals surface area contributed by atoms with Crippen molar-refractivity contribution in [1.82, 2.24) is 0 Å². The first-order valence-electron chi connectivity index (χ1n) is 7.16. The summed E-state index contributed by atoms with van der Waals surface area (Å²) in [6.45, 7) is 7.09. The van der Waals surface area contributed by atoms with E-state index in [2.05, 4.69) is 38.2 Å². The van der Waals surface area contributed by atoms with Gasteiger partial charge in [0.2, 0.25) is 5.91 Å². The van der Waals surface area contributed by atoms with E-state index in [1.807, 2.05) is 12.1 Å².